The lowest BCUT2D eigenvalue weighted by Crippen LogP contribution is -1.66. The number of hydrogen-bond acceptors (Lipinski definition) is 1. The van der Waals surface area contributed by atoms with Crippen LogP contribution in [0.1, 0.15) is 4.88 Å². The van der Waals surface area contributed by atoms with Gasteiger partial charge in [0.25, 0.3) is 0 Å². The van der Waals surface area contributed by atoms with Crippen LogP contribution in [0.25, 0.3) is 0 Å². The van der Waals surface area contributed by atoms with Gasteiger partial charge in [0.15, 0.2) is 0 Å². The molecule has 0 saturated heterocycles. The summed E-state index contributed by atoms with van der Waals surface area (Å²) in [6, 6.07) is 4.98. The van der Waals surface area contributed by atoms with Gasteiger partial charge in [0.1, 0.15) is 0 Å². The second-order valence-electron chi connectivity index (χ2n) is 1.51. The summed E-state index contributed by atoms with van der Waals surface area (Å²) in [7, 11) is 0. The van der Waals surface area contributed by atoms with Crippen molar-refractivity contribution in [3.8, 4) is 0 Å². The predicted molar refractivity (Wildman–Crippen MR) is 37.1 cm³/mol. The molecule has 8 heavy (non-hydrogen) atoms. The fraction of sp³-hybridized carbons (Fsp3) is 0.143. The van der Waals surface area contributed by atoms with E-state index in [9.17, 15) is 0 Å². The van der Waals surface area contributed by atoms with Gasteiger partial charge in [-0.3, -0.25) is 0 Å². The third kappa shape index (κ3) is 1.20. The Morgan fingerprint density at radius 2 is 2.75 bits per heavy atom. The summed E-state index contributed by atoms with van der Waals surface area (Å²) in [4.78, 5) is 1.33. The molecule has 0 aliphatic rings. The minimum atomic E-state index is 0.980. The molecule has 1 heteroatoms. The van der Waals surface area contributed by atoms with Crippen LogP contribution in [0.5, 0.6) is 0 Å². The van der Waals surface area contributed by atoms with E-state index in [-0.39, 0.29) is 0 Å². The fourth-order valence-electron chi connectivity index (χ4n) is 0.520. The van der Waals surface area contributed by atoms with E-state index in [2.05, 4.69) is 12.6 Å². The van der Waals surface area contributed by atoms with Crippen LogP contribution in [-0.2, 0) is 6.42 Å². The zero-order chi connectivity index (χ0) is 5.82. The average molecular weight is 123 g/mol. The van der Waals surface area contributed by atoms with Crippen molar-refractivity contribution in [2.75, 3.05) is 0 Å². The lowest BCUT2D eigenvalue weighted by atomic mass is 10.3. The van der Waals surface area contributed by atoms with E-state index in [1.807, 2.05) is 17.5 Å². The Hall–Kier alpha value is -0.560. The first-order chi connectivity index (χ1) is 3.93. The molecule has 0 nitrogen and oxygen atoms in total. The Balaban J connectivity index is 2.62. The van der Waals surface area contributed by atoms with E-state index >= 15 is 0 Å². The first-order valence-electron chi connectivity index (χ1n) is 2.48. The van der Waals surface area contributed by atoms with Gasteiger partial charge < -0.3 is 0 Å². The highest BCUT2D eigenvalue weighted by Gasteiger charge is 1.85. The van der Waals surface area contributed by atoms with Gasteiger partial charge in [0.05, 0.1) is 0 Å². The van der Waals surface area contributed by atoms with Crippen molar-refractivity contribution in [3.05, 3.63) is 35.0 Å². The third-order valence-electron chi connectivity index (χ3n) is 0.868. The van der Waals surface area contributed by atoms with Gasteiger partial charge in [-0.25, -0.2) is 0 Å². The molecule has 0 aromatic carbocycles. The molecule has 1 aromatic heterocycles. The van der Waals surface area contributed by atoms with Crippen LogP contribution in [0.2, 0.25) is 0 Å². The highest BCUT2D eigenvalue weighted by molar-refractivity contribution is 7.09. The topological polar surface area (TPSA) is 0 Å². The fourth-order valence-corrected chi connectivity index (χ4v) is 1.16. The van der Waals surface area contributed by atoms with Crippen molar-refractivity contribution in [1.29, 1.82) is 0 Å². The number of rotatable bonds is 2. The summed E-state index contributed by atoms with van der Waals surface area (Å²) in [5, 5.41) is 1.96. The molecule has 0 bridgehead atoms. The Morgan fingerprint density at radius 3 is 3.25 bits per heavy atom. The van der Waals surface area contributed by atoms with E-state index < -0.39 is 0 Å². The first-order valence-corrected chi connectivity index (χ1v) is 3.36. The molecular formula is C7H7S. The van der Waals surface area contributed by atoms with Crippen LogP contribution in [0, 0.1) is 6.07 Å². The molecule has 1 aromatic rings. The molecule has 0 N–H and O–H groups in total. The molecule has 0 amide bonds. The molecule has 0 unspecified atom stereocenters. The van der Waals surface area contributed by atoms with Crippen LogP contribution in [0.3, 0.4) is 0 Å². The number of hydrogen-bond donors (Lipinski definition) is 0. The average Bonchev–Trinajstić information content (AvgIpc) is 2.19. The minimum Gasteiger partial charge on any atom is -0.148 e. The summed E-state index contributed by atoms with van der Waals surface area (Å²) in [5.41, 5.74) is 0. The van der Waals surface area contributed by atoms with Crippen molar-refractivity contribution in [1.82, 2.24) is 0 Å². The Kier molecular flexibility index (Phi) is 1.86. The van der Waals surface area contributed by atoms with Crippen LogP contribution in [-0.4, -0.2) is 0 Å². The zero-order valence-electron chi connectivity index (χ0n) is 4.55. The van der Waals surface area contributed by atoms with Crippen LogP contribution < -0.4 is 0 Å². The molecule has 0 aliphatic carbocycles. The normalized spacial score (nSPS) is 9.00. The van der Waals surface area contributed by atoms with Gasteiger partial charge in [-0.15, -0.1) is 17.9 Å². The summed E-state index contributed by atoms with van der Waals surface area (Å²) in [6.45, 7) is 3.63. The monoisotopic (exact) mass is 123 g/mol. The molecule has 1 heterocycles. The van der Waals surface area contributed by atoms with Crippen molar-refractivity contribution in [2.45, 2.75) is 6.42 Å². The Morgan fingerprint density at radius 1 is 1.88 bits per heavy atom. The highest BCUT2D eigenvalue weighted by Crippen LogP contribution is 2.07. The molecular weight excluding hydrogens is 116 g/mol. The minimum absolute atomic E-state index is 0.980. The van der Waals surface area contributed by atoms with Gasteiger partial charge in [-0.1, -0.05) is 6.08 Å². The molecule has 0 atom stereocenters. The second kappa shape index (κ2) is 2.68. The van der Waals surface area contributed by atoms with Gasteiger partial charge in [-0.05, 0) is 23.9 Å². The molecule has 41 valence electrons. The van der Waals surface area contributed by atoms with Gasteiger partial charge in [0, 0.05) is 4.88 Å². The van der Waals surface area contributed by atoms with Crippen molar-refractivity contribution >= 4 is 11.3 Å². The van der Waals surface area contributed by atoms with Crippen molar-refractivity contribution in [3.63, 3.8) is 0 Å². The van der Waals surface area contributed by atoms with E-state index in [1.54, 1.807) is 11.3 Å². The molecule has 0 fully saturated rings. The predicted octanol–water partition coefficient (Wildman–Crippen LogP) is 2.28. The third-order valence-corrected chi connectivity index (χ3v) is 1.71. The summed E-state index contributed by atoms with van der Waals surface area (Å²) in [5.74, 6) is 0. The highest BCUT2D eigenvalue weighted by atomic mass is 32.1. The second-order valence-corrected chi connectivity index (χ2v) is 2.50. The maximum atomic E-state index is 3.63. The smallest absolute Gasteiger partial charge is 0.00891 e. The molecule has 0 spiro atoms. The summed E-state index contributed by atoms with van der Waals surface area (Å²) < 4.78 is 0. The van der Waals surface area contributed by atoms with Gasteiger partial charge in [0.2, 0.25) is 0 Å². The van der Waals surface area contributed by atoms with E-state index in [1.165, 1.54) is 4.88 Å². The number of allylic oxidation sites excluding steroid dienone is 1. The first kappa shape index (κ1) is 5.57. The van der Waals surface area contributed by atoms with Gasteiger partial charge >= 0.3 is 0 Å². The zero-order valence-corrected chi connectivity index (χ0v) is 5.37. The molecule has 0 aliphatic heterocycles. The Labute approximate surface area is 53.5 Å². The standard InChI is InChI=1S/C7H7S/c1-2-4-7-5-3-6-8-7/h2,5-6H,1,4H2. The molecule has 1 rings (SSSR count). The van der Waals surface area contributed by atoms with Gasteiger partial charge in [-0.2, -0.15) is 0 Å². The quantitative estimate of drug-likeness (QED) is 0.529. The Bertz CT molecular complexity index is 151. The van der Waals surface area contributed by atoms with Crippen molar-refractivity contribution < 1.29 is 0 Å². The van der Waals surface area contributed by atoms with E-state index in [0.29, 0.717) is 0 Å². The molecule has 1 radical (unpaired) electrons. The largest absolute Gasteiger partial charge is 0.148 e. The van der Waals surface area contributed by atoms with Crippen LogP contribution in [0.15, 0.2) is 24.1 Å². The van der Waals surface area contributed by atoms with Crippen LogP contribution >= 0.6 is 11.3 Å². The SMILES string of the molecule is C=CCc1c[c]cs1. The van der Waals surface area contributed by atoms with E-state index in [4.69, 9.17) is 0 Å². The van der Waals surface area contributed by atoms with Crippen LogP contribution in [0.4, 0.5) is 0 Å². The lowest BCUT2D eigenvalue weighted by molar-refractivity contribution is 1.35. The maximum Gasteiger partial charge on any atom is 0.00891 e. The summed E-state index contributed by atoms with van der Waals surface area (Å²) in [6.07, 6.45) is 2.88. The summed E-state index contributed by atoms with van der Waals surface area (Å²) >= 11 is 1.72. The molecule has 0 saturated carbocycles. The van der Waals surface area contributed by atoms with Crippen molar-refractivity contribution in [2.24, 2.45) is 0 Å². The lowest BCUT2D eigenvalue weighted by Gasteiger charge is -1.81. The van der Waals surface area contributed by atoms with E-state index in [0.717, 1.165) is 6.42 Å². The number of thiophene rings is 1. The maximum absolute atomic E-state index is 3.63.